The number of aromatic nitrogens is 1. The van der Waals surface area contributed by atoms with E-state index in [2.05, 4.69) is 9.72 Å². The molecule has 0 saturated heterocycles. The van der Waals surface area contributed by atoms with Gasteiger partial charge >= 0.3 is 5.97 Å². The average molecular weight is 250 g/mol. The maximum Gasteiger partial charge on any atom is 0.340 e. The van der Waals surface area contributed by atoms with Crippen LogP contribution in [0.25, 0.3) is 0 Å². The first-order valence-electron chi connectivity index (χ1n) is 4.59. The lowest BCUT2D eigenvalue weighted by Crippen LogP contribution is -2.12. The molecule has 0 aliphatic heterocycles. The van der Waals surface area contributed by atoms with Crippen LogP contribution < -0.4 is 0 Å². The number of alkyl halides is 2. The van der Waals surface area contributed by atoms with Gasteiger partial charge in [-0.2, -0.15) is 0 Å². The molecule has 16 heavy (non-hydrogen) atoms. The average Bonchev–Trinajstić information content (AvgIpc) is 2.16. The zero-order valence-corrected chi connectivity index (χ0v) is 9.52. The summed E-state index contributed by atoms with van der Waals surface area (Å²) in [5, 5.41) is -0.0687. The lowest BCUT2D eigenvalue weighted by Gasteiger charge is -2.10. The quantitative estimate of drug-likeness (QED) is 0.610. The van der Waals surface area contributed by atoms with E-state index < -0.39 is 18.0 Å². The Hall–Kier alpha value is -1.23. The van der Waals surface area contributed by atoms with Gasteiger partial charge in [0.25, 0.3) is 6.43 Å². The number of carbonyl (C=O) groups excluding carboxylic acids is 1. The molecule has 0 N–H and O–H groups in total. The summed E-state index contributed by atoms with van der Waals surface area (Å²) >= 11 is 5.55. The number of esters is 1. The van der Waals surface area contributed by atoms with E-state index in [1.165, 1.54) is 6.92 Å². The van der Waals surface area contributed by atoms with E-state index in [9.17, 15) is 13.6 Å². The van der Waals surface area contributed by atoms with Crippen molar-refractivity contribution in [3.63, 3.8) is 0 Å². The standard InChI is InChI=1S/C10H10ClF2NO2/c1-3-16-10(15)8-5(2)14-7(11)4-6(8)9(12)13/h4,9H,3H2,1-2H3. The minimum Gasteiger partial charge on any atom is -0.462 e. The van der Waals surface area contributed by atoms with Crippen LogP contribution in [0.5, 0.6) is 0 Å². The number of hydrogen-bond donors (Lipinski definition) is 0. The number of rotatable bonds is 3. The Labute approximate surface area is 96.4 Å². The summed E-state index contributed by atoms with van der Waals surface area (Å²) in [4.78, 5) is 15.2. The Kier molecular flexibility index (Phi) is 4.18. The highest BCUT2D eigenvalue weighted by molar-refractivity contribution is 6.29. The van der Waals surface area contributed by atoms with Gasteiger partial charge in [0.05, 0.1) is 17.9 Å². The summed E-state index contributed by atoms with van der Waals surface area (Å²) in [5.74, 6) is -0.806. The van der Waals surface area contributed by atoms with Gasteiger partial charge < -0.3 is 4.74 Å². The minimum absolute atomic E-state index is 0.0687. The van der Waals surface area contributed by atoms with Gasteiger partial charge in [0, 0.05) is 5.56 Å². The molecule has 0 aromatic carbocycles. The van der Waals surface area contributed by atoms with Gasteiger partial charge in [-0.25, -0.2) is 18.6 Å². The third-order valence-corrected chi connectivity index (χ3v) is 2.11. The third kappa shape index (κ3) is 2.66. The number of hydrogen-bond acceptors (Lipinski definition) is 3. The molecule has 0 bridgehead atoms. The molecule has 0 saturated carbocycles. The van der Waals surface area contributed by atoms with E-state index >= 15 is 0 Å². The van der Waals surface area contributed by atoms with Crippen molar-refractivity contribution in [1.82, 2.24) is 4.98 Å². The molecule has 3 nitrogen and oxygen atoms in total. The molecule has 0 radical (unpaired) electrons. The molecule has 0 spiro atoms. The molecule has 0 unspecified atom stereocenters. The first-order chi connectivity index (χ1) is 7.47. The SMILES string of the molecule is CCOC(=O)c1c(C(F)F)cc(Cl)nc1C. The monoisotopic (exact) mass is 249 g/mol. The van der Waals surface area contributed by atoms with Gasteiger partial charge in [-0.1, -0.05) is 11.6 Å². The maximum absolute atomic E-state index is 12.7. The Morgan fingerprint density at radius 3 is 2.75 bits per heavy atom. The highest BCUT2D eigenvalue weighted by Crippen LogP contribution is 2.27. The molecule has 0 amide bonds. The van der Waals surface area contributed by atoms with Crippen LogP contribution in [0.1, 0.15) is 35.0 Å². The van der Waals surface area contributed by atoms with E-state index in [4.69, 9.17) is 11.6 Å². The van der Waals surface area contributed by atoms with E-state index in [1.54, 1.807) is 6.92 Å². The molecule has 0 atom stereocenters. The number of aryl methyl sites for hydroxylation is 1. The van der Waals surface area contributed by atoms with Crippen molar-refractivity contribution in [2.24, 2.45) is 0 Å². The van der Waals surface area contributed by atoms with Crippen LogP contribution in [0, 0.1) is 6.92 Å². The van der Waals surface area contributed by atoms with Gasteiger partial charge in [0.15, 0.2) is 0 Å². The third-order valence-electron chi connectivity index (χ3n) is 1.91. The Bertz CT molecular complexity index is 410. The number of carbonyl (C=O) groups is 1. The van der Waals surface area contributed by atoms with Crippen LogP contribution in [-0.2, 0) is 4.74 Å². The largest absolute Gasteiger partial charge is 0.462 e. The summed E-state index contributed by atoms with van der Waals surface area (Å²) in [7, 11) is 0. The molecule has 1 aromatic rings. The zero-order chi connectivity index (χ0) is 12.3. The number of pyridine rings is 1. The molecule has 0 fully saturated rings. The second-order valence-electron chi connectivity index (χ2n) is 3.02. The van der Waals surface area contributed by atoms with Gasteiger partial charge in [0.2, 0.25) is 0 Å². The van der Waals surface area contributed by atoms with E-state index in [-0.39, 0.29) is 23.0 Å². The molecular formula is C10H10ClF2NO2. The highest BCUT2D eigenvalue weighted by Gasteiger charge is 2.23. The summed E-state index contributed by atoms with van der Waals surface area (Å²) in [6.45, 7) is 3.15. The van der Waals surface area contributed by atoms with Crippen LogP contribution >= 0.6 is 11.6 Å². The highest BCUT2D eigenvalue weighted by atomic mass is 35.5. The summed E-state index contributed by atoms with van der Waals surface area (Å²) in [6, 6.07) is 0.978. The van der Waals surface area contributed by atoms with Crippen LogP contribution in [0.4, 0.5) is 8.78 Å². The number of nitrogens with zero attached hydrogens (tertiary/aromatic N) is 1. The fraction of sp³-hybridized carbons (Fsp3) is 0.400. The zero-order valence-electron chi connectivity index (χ0n) is 8.76. The predicted molar refractivity (Wildman–Crippen MR) is 54.9 cm³/mol. The second kappa shape index (κ2) is 5.21. The molecule has 0 aliphatic carbocycles. The fourth-order valence-electron chi connectivity index (χ4n) is 1.30. The summed E-state index contributed by atoms with van der Waals surface area (Å²) < 4.78 is 30.1. The van der Waals surface area contributed by atoms with Crippen molar-refractivity contribution in [3.8, 4) is 0 Å². The predicted octanol–water partition coefficient (Wildman–Crippen LogP) is 3.16. The lowest BCUT2D eigenvalue weighted by atomic mass is 10.1. The van der Waals surface area contributed by atoms with Gasteiger partial charge in [-0.3, -0.25) is 0 Å². The summed E-state index contributed by atoms with van der Waals surface area (Å²) in [6.07, 6.45) is -2.79. The smallest absolute Gasteiger partial charge is 0.340 e. The van der Waals surface area contributed by atoms with Gasteiger partial charge in [-0.05, 0) is 19.9 Å². The maximum atomic E-state index is 12.7. The lowest BCUT2D eigenvalue weighted by molar-refractivity contribution is 0.0514. The molecule has 1 rings (SSSR count). The molecule has 6 heteroatoms. The van der Waals surface area contributed by atoms with Gasteiger partial charge in [-0.15, -0.1) is 0 Å². The molecular weight excluding hydrogens is 240 g/mol. The fourth-order valence-corrected chi connectivity index (χ4v) is 1.54. The van der Waals surface area contributed by atoms with Crippen LogP contribution in [0.15, 0.2) is 6.07 Å². The van der Waals surface area contributed by atoms with Crippen molar-refractivity contribution < 1.29 is 18.3 Å². The van der Waals surface area contributed by atoms with Crippen LogP contribution in [0.2, 0.25) is 5.15 Å². The topological polar surface area (TPSA) is 39.2 Å². The van der Waals surface area contributed by atoms with Crippen molar-refractivity contribution in [1.29, 1.82) is 0 Å². The first-order valence-corrected chi connectivity index (χ1v) is 4.97. The number of ether oxygens (including phenoxy) is 1. The Balaban J connectivity index is 3.29. The minimum atomic E-state index is -2.79. The Morgan fingerprint density at radius 2 is 2.25 bits per heavy atom. The van der Waals surface area contributed by atoms with Crippen molar-refractivity contribution >= 4 is 17.6 Å². The van der Waals surface area contributed by atoms with Crippen LogP contribution in [0.3, 0.4) is 0 Å². The molecule has 1 heterocycles. The van der Waals surface area contributed by atoms with Crippen molar-refractivity contribution in [3.05, 3.63) is 28.0 Å². The second-order valence-corrected chi connectivity index (χ2v) is 3.40. The molecule has 1 aromatic heterocycles. The van der Waals surface area contributed by atoms with Crippen molar-refractivity contribution in [2.45, 2.75) is 20.3 Å². The first kappa shape index (κ1) is 12.8. The van der Waals surface area contributed by atoms with E-state index in [0.29, 0.717) is 0 Å². The summed E-state index contributed by atoms with van der Waals surface area (Å²) in [5.41, 5.74) is -0.515. The molecule has 88 valence electrons. The van der Waals surface area contributed by atoms with E-state index in [0.717, 1.165) is 6.07 Å². The van der Waals surface area contributed by atoms with E-state index in [1.807, 2.05) is 0 Å². The van der Waals surface area contributed by atoms with Crippen molar-refractivity contribution in [2.75, 3.05) is 6.61 Å². The normalized spacial score (nSPS) is 10.6. The number of halogens is 3. The van der Waals surface area contributed by atoms with Crippen LogP contribution in [-0.4, -0.2) is 17.6 Å². The molecule has 0 aliphatic rings. The van der Waals surface area contributed by atoms with Gasteiger partial charge in [0.1, 0.15) is 5.15 Å². The Morgan fingerprint density at radius 1 is 1.62 bits per heavy atom.